The molecule has 3 nitrogen and oxygen atoms in total. The Morgan fingerprint density at radius 2 is 2.24 bits per heavy atom. The fourth-order valence-electron chi connectivity index (χ4n) is 2.03. The molecule has 1 saturated heterocycles. The lowest BCUT2D eigenvalue weighted by molar-refractivity contribution is 0.144. The summed E-state index contributed by atoms with van der Waals surface area (Å²) in [5.74, 6) is -0.0536. The predicted octanol–water partition coefficient (Wildman–Crippen LogP) is 2.82. The van der Waals surface area contributed by atoms with Gasteiger partial charge in [-0.05, 0) is 31.4 Å². The molecule has 1 unspecified atom stereocenters. The van der Waals surface area contributed by atoms with Crippen LogP contribution in [0.25, 0.3) is 0 Å². The highest BCUT2D eigenvalue weighted by Gasteiger charge is 2.13. The Kier molecular flexibility index (Phi) is 4.20. The molecule has 0 amide bonds. The molecule has 1 N–H and O–H groups in total. The van der Waals surface area contributed by atoms with Gasteiger partial charge in [0.15, 0.2) is 11.6 Å². The van der Waals surface area contributed by atoms with Crippen LogP contribution in [0, 0.1) is 5.82 Å². The van der Waals surface area contributed by atoms with Crippen LogP contribution in [-0.2, 0) is 4.74 Å². The molecule has 1 fully saturated rings. The minimum Gasteiger partial charge on any atom is -0.494 e. The third kappa shape index (κ3) is 3.33. The van der Waals surface area contributed by atoms with Crippen LogP contribution in [0.1, 0.15) is 19.3 Å². The first kappa shape index (κ1) is 12.2. The smallest absolute Gasteiger partial charge is 0.165 e. The van der Waals surface area contributed by atoms with Gasteiger partial charge in [-0.25, -0.2) is 4.39 Å². The molecule has 0 bridgehead atoms. The predicted molar refractivity (Wildman–Crippen MR) is 65.0 cm³/mol. The van der Waals surface area contributed by atoms with E-state index in [2.05, 4.69) is 5.32 Å². The molecule has 0 radical (unpaired) electrons. The molecule has 1 aromatic carbocycles. The van der Waals surface area contributed by atoms with Crippen LogP contribution >= 0.6 is 0 Å². The highest BCUT2D eigenvalue weighted by atomic mass is 19.1. The van der Waals surface area contributed by atoms with Crippen molar-refractivity contribution in [1.82, 2.24) is 0 Å². The van der Waals surface area contributed by atoms with Crippen LogP contribution in [0.2, 0.25) is 0 Å². The van der Waals surface area contributed by atoms with Gasteiger partial charge in [0.05, 0.1) is 7.11 Å². The summed E-state index contributed by atoms with van der Waals surface area (Å²) in [6, 6.07) is 5.26. The van der Waals surface area contributed by atoms with Crippen LogP contribution in [0.5, 0.6) is 5.75 Å². The van der Waals surface area contributed by atoms with E-state index in [1.807, 2.05) is 0 Å². The summed E-state index contributed by atoms with van der Waals surface area (Å²) >= 11 is 0. The Bertz CT molecular complexity index is 362. The van der Waals surface area contributed by atoms with Gasteiger partial charge < -0.3 is 14.8 Å². The van der Waals surface area contributed by atoms with Crippen molar-refractivity contribution in [2.45, 2.75) is 25.3 Å². The lowest BCUT2D eigenvalue weighted by Crippen LogP contribution is -2.19. The second-order valence-electron chi connectivity index (χ2n) is 4.23. The molecule has 1 aromatic rings. The van der Waals surface area contributed by atoms with Crippen molar-refractivity contribution < 1.29 is 13.9 Å². The molecule has 1 atom stereocenters. The minimum absolute atomic E-state index is 0.278. The quantitative estimate of drug-likeness (QED) is 0.879. The number of halogens is 1. The van der Waals surface area contributed by atoms with E-state index in [9.17, 15) is 4.39 Å². The zero-order valence-corrected chi connectivity index (χ0v) is 10.0. The van der Waals surface area contributed by atoms with Crippen molar-refractivity contribution in [2.24, 2.45) is 0 Å². The van der Waals surface area contributed by atoms with Crippen molar-refractivity contribution in [2.75, 3.05) is 25.6 Å². The average Bonchev–Trinajstić information content (AvgIpc) is 2.60. The Morgan fingerprint density at radius 3 is 3.06 bits per heavy atom. The Hall–Kier alpha value is -1.29. The summed E-state index contributed by atoms with van der Waals surface area (Å²) in [6.45, 7) is 1.63. The van der Waals surface area contributed by atoms with Gasteiger partial charge in [-0.15, -0.1) is 0 Å². The van der Waals surface area contributed by atoms with E-state index in [-0.39, 0.29) is 11.6 Å². The maximum atomic E-state index is 13.2. The molecular weight excluding hydrogens is 221 g/mol. The fraction of sp³-hybridized carbons (Fsp3) is 0.538. The lowest BCUT2D eigenvalue weighted by atomic mass is 10.1. The van der Waals surface area contributed by atoms with E-state index in [0.29, 0.717) is 6.04 Å². The second kappa shape index (κ2) is 5.87. The number of nitrogens with one attached hydrogen (secondary N) is 1. The van der Waals surface area contributed by atoms with Gasteiger partial charge in [0.1, 0.15) is 0 Å². The van der Waals surface area contributed by atoms with E-state index in [0.717, 1.165) is 38.2 Å². The summed E-state index contributed by atoms with van der Waals surface area (Å²) in [6.07, 6.45) is 3.13. The number of ether oxygens (including phenoxy) is 2. The van der Waals surface area contributed by atoms with Gasteiger partial charge in [0.25, 0.3) is 0 Å². The van der Waals surface area contributed by atoms with Gasteiger partial charge in [-0.1, -0.05) is 0 Å². The molecule has 0 saturated carbocycles. The molecule has 0 aliphatic carbocycles. The van der Waals surface area contributed by atoms with Crippen LogP contribution in [0.15, 0.2) is 18.2 Å². The Balaban J connectivity index is 2.01. The highest BCUT2D eigenvalue weighted by Crippen LogP contribution is 2.23. The van der Waals surface area contributed by atoms with Crippen LogP contribution < -0.4 is 10.1 Å². The molecule has 4 heteroatoms. The largest absolute Gasteiger partial charge is 0.494 e. The molecule has 0 spiro atoms. The fourth-order valence-corrected chi connectivity index (χ4v) is 2.03. The first-order valence-electron chi connectivity index (χ1n) is 5.97. The summed E-state index contributed by atoms with van der Waals surface area (Å²) < 4.78 is 23.6. The maximum absolute atomic E-state index is 13.2. The summed E-state index contributed by atoms with van der Waals surface area (Å²) in [7, 11) is 1.47. The maximum Gasteiger partial charge on any atom is 0.165 e. The van der Waals surface area contributed by atoms with Crippen LogP contribution in [-0.4, -0.2) is 26.4 Å². The number of hydrogen-bond donors (Lipinski definition) is 1. The Morgan fingerprint density at radius 1 is 1.35 bits per heavy atom. The van der Waals surface area contributed by atoms with Gasteiger partial charge in [0.2, 0.25) is 0 Å². The van der Waals surface area contributed by atoms with E-state index in [4.69, 9.17) is 9.47 Å². The number of hydrogen-bond acceptors (Lipinski definition) is 3. The summed E-state index contributed by atoms with van der Waals surface area (Å²) in [5.41, 5.74) is 0.898. The van der Waals surface area contributed by atoms with Crippen molar-refractivity contribution in [1.29, 1.82) is 0 Å². The number of methoxy groups -OCH3 is 1. The molecule has 0 aromatic heterocycles. The molecule has 94 valence electrons. The van der Waals surface area contributed by atoms with Crippen LogP contribution in [0.3, 0.4) is 0 Å². The third-order valence-corrected chi connectivity index (χ3v) is 2.97. The van der Waals surface area contributed by atoms with E-state index in [1.165, 1.54) is 13.2 Å². The molecule has 1 aliphatic rings. The van der Waals surface area contributed by atoms with Gasteiger partial charge in [-0.2, -0.15) is 0 Å². The van der Waals surface area contributed by atoms with Crippen molar-refractivity contribution in [3.8, 4) is 5.75 Å². The van der Waals surface area contributed by atoms with E-state index in [1.54, 1.807) is 12.1 Å². The van der Waals surface area contributed by atoms with Crippen molar-refractivity contribution in [3.05, 3.63) is 24.0 Å². The zero-order chi connectivity index (χ0) is 12.1. The number of rotatable bonds is 3. The molecular formula is C13H18FNO2. The minimum atomic E-state index is -0.331. The lowest BCUT2D eigenvalue weighted by Gasteiger charge is -2.17. The SMILES string of the molecule is COc1cc(NC2CCCOCC2)ccc1F. The summed E-state index contributed by atoms with van der Waals surface area (Å²) in [4.78, 5) is 0. The van der Waals surface area contributed by atoms with Gasteiger partial charge in [0, 0.05) is 31.0 Å². The number of benzene rings is 1. The molecule has 17 heavy (non-hydrogen) atoms. The first-order chi connectivity index (χ1) is 8.29. The van der Waals surface area contributed by atoms with Crippen LogP contribution in [0.4, 0.5) is 10.1 Å². The average molecular weight is 239 g/mol. The molecule has 2 rings (SSSR count). The molecule has 1 aliphatic heterocycles. The zero-order valence-electron chi connectivity index (χ0n) is 10.0. The first-order valence-corrected chi connectivity index (χ1v) is 5.97. The normalized spacial score (nSPS) is 20.7. The second-order valence-corrected chi connectivity index (χ2v) is 4.23. The topological polar surface area (TPSA) is 30.5 Å². The van der Waals surface area contributed by atoms with E-state index < -0.39 is 0 Å². The monoisotopic (exact) mass is 239 g/mol. The van der Waals surface area contributed by atoms with Gasteiger partial charge in [-0.3, -0.25) is 0 Å². The summed E-state index contributed by atoms with van der Waals surface area (Å²) in [5, 5.41) is 3.40. The van der Waals surface area contributed by atoms with Crippen molar-refractivity contribution in [3.63, 3.8) is 0 Å². The number of anilines is 1. The van der Waals surface area contributed by atoms with E-state index >= 15 is 0 Å². The highest BCUT2D eigenvalue weighted by molar-refractivity contribution is 5.49. The molecule has 1 heterocycles. The third-order valence-electron chi connectivity index (χ3n) is 2.97. The van der Waals surface area contributed by atoms with Crippen molar-refractivity contribution >= 4 is 5.69 Å². The van der Waals surface area contributed by atoms with Gasteiger partial charge >= 0.3 is 0 Å². The Labute approximate surface area is 101 Å². The standard InChI is InChI=1S/C13H18FNO2/c1-16-13-9-11(4-5-12(13)14)15-10-3-2-7-17-8-6-10/h4-5,9-10,15H,2-3,6-8H2,1H3.